The van der Waals surface area contributed by atoms with E-state index in [1.54, 1.807) is 17.7 Å². The zero-order valence-electron chi connectivity index (χ0n) is 13.5. The molecule has 1 fully saturated rings. The molecule has 1 N–H and O–H groups in total. The van der Waals surface area contributed by atoms with Gasteiger partial charge < -0.3 is 9.45 Å². The van der Waals surface area contributed by atoms with Gasteiger partial charge in [0, 0.05) is 40.6 Å². The van der Waals surface area contributed by atoms with Crippen LogP contribution in [-0.2, 0) is 16.9 Å². The third-order valence-corrected chi connectivity index (χ3v) is 6.30. The SMILES string of the molecule is Cc1c(C[S+]([O-])c2nc3cscc3[nH]2)ncnc1N1CCCCC1. The maximum absolute atomic E-state index is 12.7. The van der Waals surface area contributed by atoms with Crippen LogP contribution in [0.2, 0.25) is 0 Å². The predicted molar refractivity (Wildman–Crippen MR) is 96.9 cm³/mol. The highest BCUT2D eigenvalue weighted by Crippen LogP contribution is 2.25. The zero-order valence-corrected chi connectivity index (χ0v) is 15.1. The third kappa shape index (κ3) is 3.01. The van der Waals surface area contributed by atoms with E-state index in [1.807, 2.05) is 17.7 Å². The lowest BCUT2D eigenvalue weighted by atomic mass is 10.1. The minimum atomic E-state index is -1.24. The molecule has 4 heterocycles. The first-order chi connectivity index (χ1) is 11.7. The molecule has 8 heteroatoms. The number of fused-ring (bicyclic) bond motifs is 1. The number of hydrogen-bond acceptors (Lipinski definition) is 6. The molecular formula is C16H19N5OS2. The average molecular weight is 361 g/mol. The van der Waals surface area contributed by atoms with Gasteiger partial charge in [-0.2, -0.15) is 4.98 Å². The fraction of sp³-hybridized carbons (Fsp3) is 0.438. The van der Waals surface area contributed by atoms with Gasteiger partial charge in [0.15, 0.2) is 5.75 Å². The number of anilines is 1. The number of aromatic amines is 1. The molecule has 4 rings (SSSR count). The lowest BCUT2D eigenvalue weighted by molar-refractivity contribution is 0.571. The standard InChI is InChI=1S/C16H19N5OS2/c1-11-14(17-10-18-15(11)21-5-3-2-4-6-21)9-24(22)16-19-12-7-23-8-13(12)20-16/h7-8,10H,2-6,9H2,1H3,(H,19,20). The number of nitrogens with zero attached hydrogens (tertiary/aromatic N) is 4. The van der Waals surface area contributed by atoms with Crippen molar-refractivity contribution in [2.75, 3.05) is 18.0 Å². The molecule has 0 saturated carbocycles. The summed E-state index contributed by atoms with van der Waals surface area (Å²) in [7, 11) is 0. The third-order valence-electron chi connectivity index (χ3n) is 4.41. The molecule has 6 nitrogen and oxygen atoms in total. The summed E-state index contributed by atoms with van der Waals surface area (Å²) in [6.45, 7) is 4.10. The summed E-state index contributed by atoms with van der Waals surface area (Å²) in [5, 5.41) is 4.45. The molecule has 1 saturated heterocycles. The lowest BCUT2D eigenvalue weighted by Gasteiger charge is -2.29. The van der Waals surface area contributed by atoms with Crippen molar-refractivity contribution in [3.8, 4) is 0 Å². The Bertz CT molecular complexity index is 811. The van der Waals surface area contributed by atoms with Crippen molar-refractivity contribution >= 4 is 39.4 Å². The molecule has 1 aliphatic heterocycles. The van der Waals surface area contributed by atoms with E-state index in [0.717, 1.165) is 41.2 Å². The molecule has 1 unspecified atom stereocenters. The summed E-state index contributed by atoms with van der Waals surface area (Å²) in [6, 6.07) is 0. The van der Waals surface area contributed by atoms with Crippen LogP contribution in [0.4, 0.5) is 5.82 Å². The minimum Gasteiger partial charge on any atom is -0.609 e. The van der Waals surface area contributed by atoms with Crippen molar-refractivity contribution < 1.29 is 4.55 Å². The van der Waals surface area contributed by atoms with Crippen molar-refractivity contribution in [3.05, 3.63) is 28.3 Å². The van der Waals surface area contributed by atoms with Crippen molar-refractivity contribution in [1.29, 1.82) is 0 Å². The Hall–Kier alpha value is -1.64. The monoisotopic (exact) mass is 361 g/mol. The number of imidazole rings is 1. The van der Waals surface area contributed by atoms with Crippen LogP contribution < -0.4 is 4.90 Å². The molecule has 3 aromatic rings. The number of H-pyrrole nitrogens is 1. The number of piperidine rings is 1. The number of aromatic nitrogens is 4. The van der Waals surface area contributed by atoms with Gasteiger partial charge in [-0.05, 0) is 26.2 Å². The summed E-state index contributed by atoms with van der Waals surface area (Å²) in [5.74, 6) is 1.34. The largest absolute Gasteiger partial charge is 0.609 e. The Morgan fingerprint density at radius 3 is 2.88 bits per heavy atom. The molecule has 0 aliphatic carbocycles. The van der Waals surface area contributed by atoms with Gasteiger partial charge in [-0.25, -0.2) is 9.97 Å². The summed E-state index contributed by atoms with van der Waals surface area (Å²) in [5.41, 5.74) is 3.68. The molecule has 1 atom stereocenters. The molecule has 0 aromatic carbocycles. The first-order valence-corrected chi connectivity index (χ1v) is 10.3. The van der Waals surface area contributed by atoms with Gasteiger partial charge in [0.25, 0.3) is 0 Å². The molecule has 0 bridgehead atoms. The second-order valence-electron chi connectivity index (χ2n) is 6.02. The van der Waals surface area contributed by atoms with Gasteiger partial charge >= 0.3 is 5.16 Å². The van der Waals surface area contributed by atoms with E-state index in [4.69, 9.17) is 0 Å². The molecule has 0 amide bonds. The first kappa shape index (κ1) is 15.9. The highest BCUT2D eigenvalue weighted by Gasteiger charge is 2.22. The van der Waals surface area contributed by atoms with Crippen LogP contribution in [0.15, 0.2) is 22.2 Å². The van der Waals surface area contributed by atoms with Crippen LogP contribution >= 0.6 is 11.3 Å². The number of hydrogen-bond donors (Lipinski definition) is 1. The van der Waals surface area contributed by atoms with Crippen LogP contribution in [0.1, 0.15) is 30.5 Å². The lowest BCUT2D eigenvalue weighted by Crippen LogP contribution is -2.31. The van der Waals surface area contributed by atoms with Crippen molar-refractivity contribution in [2.24, 2.45) is 0 Å². The summed E-state index contributed by atoms with van der Waals surface area (Å²) in [6.07, 6.45) is 5.28. The van der Waals surface area contributed by atoms with Gasteiger partial charge in [0.2, 0.25) is 0 Å². The van der Waals surface area contributed by atoms with Gasteiger partial charge in [0.1, 0.15) is 17.7 Å². The topological polar surface area (TPSA) is 80.8 Å². The molecule has 126 valence electrons. The average Bonchev–Trinajstić information content (AvgIpc) is 3.19. The van der Waals surface area contributed by atoms with Crippen molar-refractivity contribution in [3.63, 3.8) is 0 Å². The van der Waals surface area contributed by atoms with Gasteiger partial charge in [0.05, 0.1) is 11.2 Å². The summed E-state index contributed by atoms with van der Waals surface area (Å²) in [4.78, 5) is 18.7. The van der Waals surface area contributed by atoms with E-state index in [-0.39, 0.29) is 0 Å². The highest BCUT2D eigenvalue weighted by atomic mass is 32.2. The Morgan fingerprint density at radius 2 is 2.08 bits per heavy atom. The van der Waals surface area contributed by atoms with Crippen molar-refractivity contribution in [1.82, 2.24) is 19.9 Å². The summed E-state index contributed by atoms with van der Waals surface area (Å²) >= 11 is 0.346. The van der Waals surface area contributed by atoms with Crippen LogP contribution in [0, 0.1) is 6.92 Å². The number of thiophene rings is 1. The van der Waals surface area contributed by atoms with E-state index in [9.17, 15) is 4.55 Å². The Labute approximate surface area is 147 Å². The van der Waals surface area contributed by atoms with E-state index >= 15 is 0 Å². The second kappa shape index (κ2) is 6.70. The maximum Gasteiger partial charge on any atom is 0.322 e. The number of rotatable bonds is 4. The van der Waals surface area contributed by atoms with Crippen LogP contribution in [0.25, 0.3) is 11.0 Å². The second-order valence-corrected chi connectivity index (χ2v) is 8.13. The van der Waals surface area contributed by atoms with E-state index in [0.29, 0.717) is 10.9 Å². The first-order valence-electron chi connectivity index (χ1n) is 8.08. The Morgan fingerprint density at radius 1 is 1.25 bits per heavy atom. The fourth-order valence-corrected chi connectivity index (χ4v) is 4.86. The molecule has 3 aromatic heterocycles. The fourth-order valence-electron chi connectivity index (χ4n) is 3.07. The Balaban J connectivity index is 1.56. The highest BCUT2D eigenvalue weighted by molar-refractivity contribution is 7.90. The maximum atomic E-state index is 12.7. The predicted octanol–water partition coefficient (Wildman–Crippen LogP) is 3.02. The van der Waals surface area contributed by atoms with E-state index in [2.05, 4.69) is 24.8 Å². The van der Waals surface area contributed by atoms with E-state index < -0.39 is 11.2 Å². The zero-order chi connectivity index (χ0) is 16.5. The van der Waals surface area contributed by atoms with Crippen LogP contribution in [0.5, 0.6) is 0 Å². The molecule has 0 spiro atoms. The molecule has 1 aliphatic rings. The van der Waals surface area contributed by atoms with Gasteiger partial charge in [-0.15, -0.1) is 11.3 Å². The van der Waals surface area contributed by atoms with E-state index in [1.165, 1.54) is 19.3 Å². The van der Waals surface area contributed by atoms with Gasteiger partial charge in [-0.1, -0.05) is 0 Å². The molecular weight excluding hydrogens is 342 g/mol. The number of nitrogens with one attached hydrogen (secondary N) is 1. The summed E-state index contributed by atoms with van der Waals surface area (Å²) < 4.78 is 12.7. The van der Waals surface area contributed by atoms with Crippen LogP contribution in [-0.4, -0.2) is 37.6 Å². The van der Waals surface area contributed by atoms with Crippen molar-refractivity contribution in [2.45, 2.75) is 37.1 Å². The van der Waals surface area contributed by atoms with Crippen LogP contribution in [0.3, 0.4) is 0 Å². The smallest absolute Gasteiger partial charge is 0.322 e. The quantitative estimate of drug-likeness (QED) is 0.723. The Kier molecular flexibility index (Phi) is 4.43. The minimum absolute atomic E-state index is 0.356. The molecule has 24 heavy (non-hydrogen) atoms. The van der Waals surface area contributed by atoms with Gasteiger partial charge in [-0.3, -0.25) is 4.98 Å². The molecule has 0 radical (unpaired) electrons. The normalized spacial score (nSPS) is 16.7.